The van der Waals surface area contributed by atoms with Crippen LogP contribution in [-0.2, 0) is 22.7 Å². The van der Waals surface area contributed by atoms with Gasteiger partial charge in [-0.2, -0.15) is 0 Å². The fourth-order valence-corrected chi connectivity index (χ4v) is 4.10. The lowest BCUT2D eigenvalue weighted by Crippen LogP contribution is -2.45. The molecule has 1 aromatic heterocycles. The maximum absolute atomic E-state index is 13.4. The van der Waals surface area contributed by atoms with Crippen LogP contribution in [0.5, 0.6) is 0 Å². The predicted molar refractivity (Wildman–Crippen MR) is 132 cm³/mol. The van der Waals surface area contributed by atoms with Crippen LogP contribution < -0.4 is 0 Å². The van der Waals surface area contributed by atoms with Crippen molar-refractivity contribution in [2.45, 2.75) is 39.4 Å². The van der Waals surface area contributed by atoms with Crippen molar-refractivity contribution in [2.75, 3.05) is 6.54 Å². The molecule has 0 fully saturated rings. The molecular formula is C27H29FN2O2S. The molecule has 1 heterocycles. The molecule has 0 spiro atoms. The van der Waals surface area contributed by atoms with Gasteiger partial charge in [-0.25, -0.2) is 4.39 Å². The number of carbonyl (C=O) groups is 2. The number of carbonyl (C=O) groups excluding carboxylic acids is 2. The Morgan fingerprint density at radius 2 is 1.73 bits per heavy atom. The van der Waals surface area contributed by atoms with Crippen molar-refractivity contribution in [1.82, 2.24) is 9.80 Å². The van der Waals surface area contributed by atoms with Crippen LogP contribution in [-0.4, -0.2) is 34.2 Å². The first kappa shape index (κ1) is 24.4. The normalized spacial score (nSPS) is 12.0. The Morgan fingerprint density at radius 1 is 1.00 bits per heavy atom. The van der Waals surface area contributed by atoms with Crippen LogP contribution in [0, 0.1) is 5.82 Å². The molecule has 4 nitrogen and oxygen atoms in total. The van der Waals surface area contributed by atoms with Gasteiger partial charge in [0.05, 0.1) is 6.54 Å². The molecule has 0 bridgehead atoms. The van der Waals surface area contributed by atoms with Gasteiger partial charge in [0, 0.05) is 23.5 Å². The van der Waals surface area contributed by atoms with E-state index in [0.717, 1.165) is 22.4 Å². The highest BCUT2D eigenvalue weighted by Gasteiger charge is 2.24. The summed E-state index contributed by atoms with van der Waals surface area (Å²) in [5.74, 6) is -0.650. The maximum Gasteiger partial charge on any atom is 0.247 e. The molecule has 1 unspecified atom stereocenters. The van der Waals surface area contributed by atoms with Gasteiger partial charge in [0.25, 0.3) is 0 Å². The van der Waals surface area contributed by atoms with E-state index in [9.17, 15) is 14.0 Å². The van der Waals surface area contributed by atoms with Crippen molar-refractivity contribution in [3.63, 3.8) is 0 Å². The van der Waals surface area contributed by atoms with Gasteiger partial charge in [0.1, 0.15) is 12.4 Å². The molecule has 0 N–H and O–H groups in total. The first-order valence-corrected chi connectivity index (χ1v) is 11.9. The first-order valence-electron chi connectivity index (χ1n) is 11.0. The molecule has 1 atom stereocenters. The highest BCUT2D eigenvalue weighted by atomic mass is 32.1. The summed E-state index contributed by atoms with van der Waals surface area (Å²) in [6, 6.07) is 19.6. The highest BCUT2D eigenvalue weighted by Crippen LogP contribution is 2.17. The maximum atomic E-state index is 13.4. The summed E-state index contributed by atoms with van der Waals surface area (Å²) in [7, 11) is 0. The van der Waals surface area contributed by atoms with Crippen LogP contribution in [0.15, 0.2) is 78.2 Å². The third kappa shape index (κ3) is 7.39. The quantitative estimate of drug-likeness (QED) is 0.358. The van der Waals surface area contributed by atoms with Crippen LogP contribution in [0.2, 0.25) is 0 Å². The highest BCUT2D eigenvalue weighted by molar-refractivity contribution is 7.09. The molecule has 3 rings (SSSR count). The van der Waals surface area contributed by atoms with Gasteiger partial charge in [-0.05, 0) is 54.1 Å². The zero-order valence-electron chi connectivity index (χ0n) is 19.0. The van der Waals surface area contributed by atoms with E-state index in [1.807, 2.05) is 61.7 Å². The summed E-state index contributed by atoms with van der Waals surface area (Å²) < 4.78 is 13.3. The Bertz CT molecular complexity index is 1050. The van der Waals surface area contributed by atoms with E-state index in [1.165, 1.54) is 18.2 Å². The summed E-state index contributed by atoms with van der Waals surface area (Å²) in [5.41, 5.74) is 1.77. The van der Waals surface area contributed by atoms with E-state index in [1.54, 1.807) is 39.3 Å². The number of hydrogen-bond acceptors (Lipinski definition) is 3. The Morgan fingerprint density at radius 3 is 2.36 bits per heavy atom. The Balaban J connectivity index is 1.77. The van der Waals surface area contributed by atoms with Crippen LogP contribution in [0.3, 0.4) is 0 Å². The van der Waals surface area contributed by atoms with Crippen LogP contribution in [0.25, 0.3) is 6.08 Å². The van der Waals surface area contributed by atoms with Gasteiger partial charge in [-0.15, -0.1) is 11.3 Å². The zero-order chi connectivity index (χ0) is 23.6. The zero-order valence-corrected chi connectivity index (χ0v) is 19.8. The van der Waals surface area contributed by atoms with E-state index < -0.39 is 0 Å². The summed E-state index contributed by atoms with van der Waals surface area (Å²) in [5, 5.41) is 1.97. The van der Waals surface area contributed by atoms with Gasteiger partial charge >= 0.3 is 0 Å². The summed E-state index contributed by atoms with van der Waals surface area (Å²) >= 11 is 1.58. The van der Waals surface area contributed by atoms with Crippen molar-refractivity contribution in [3.05, 3.63) is 100 Å². The number of nitrogens with zero attached hydrogens (tertiary/aromatic N) is 2. The first-order chi connectivity index (χ1) is 16.0. The minimum atomic E-state index is -0.311. The van der Waals surface area contributed by atoms with Gasteiger partial charge in [0.15, 0.2) is 0 Å². The molecule has 0 aliphatic heterocycles. The molecule has 2 amide bonds. The third-order valence-electron chi connectivity index (χ3n) is 5.50. The number of hydrogen-bond donors (Lipinski definition) is 0. The van der Waals surface area contributed by atoms with Gasteiger partial charge in [-0.3, -0.25) is 9.59 Å². The molecule has 0 aliphatic rings. The fraction of sp³-hybridized carbons (Fsp3) is 0.259. The number of halogens is 1. The van der Waals surface area contributed by atoms with E-state index in [4.69, 9.17) is 0 Å². The number of rotatable bonds is 10. The lowest BCUT2D eigenvalue weighted by atomic mass is 10.1. The van der Waals surface area contributed by atoms with E-state index in [2.05, 4.69) is 0 Å². The smallest absolute Gasteiger partial charge is 0.247 e. The number of thiophene rings is 1. The second-order valence-corrected chi connectivity index (χ2v) is 8.96. The van der Waals surface area contributed by atoms with Crippen LogP contribution >= 0.6 is 11.3 Å². The molecule has 0 radical (unpaired) electrons. The van der Waals surface area contributed by atoms with Crippen molar-refractivity contribution in [1.29, 1.82) is 0 Å². The van der Waals surface area contributed by atoms with Gasteiger partial charge in [-0.1, -0.05) is 55.5 Å². The van der Waals surface area contributed by atoms with Crippen LogP contribution in [0.1, 0.15) is 36.3 Å². The van der Waals surface area contributed by atoms with E-state index in [-0.39, 0.29) is 30.2 Å². The molecule has 3 aromatic rings. The summed E-state index contributed by atoms with van der Waals surface area (Å²) in [4.78, 5) is 30.8. The average molecular weight is 465 g/mol. The summed E-state index contributed by atoms with van der Waals surface area (Å²) in [6.45, 7) is 4.72. The molecule has 0 saturated heterocycles. The standard InChI is InChI=1S/C27H29FN2O2S/c1-3-21(2)30(26(31)16-13-22-8-5-4-6-9-22)20-27(32)29(19-25-10-7-17-33-25)18-23-11-14-24(28)15-12-23/h4-17,21H,3,18-20H2,1-2H3. The SMILES string of the molecule is CCC(C)N(CC(=O)N(Cc1ccc(F)cc1)Cc1cccs1)C(=O)C=Cc1ccccc1. The molecule has 0 saturated carbocycles. The van der Waals surface area contributed by atoms with Crippen molar-refractivity contribution >= 4 is 29.2 Å². The minimum Gasteiger partial charge on any atom is -0.332 e. The Kier molecular flexibility index (Phi) is 8.95. The van der Waals surface area contributed by atoms with Crippen molar-refractivity contribution in [3.8, 4) is 0 Å². The fourth-order valence-electron chi connectivity index (χ4n) is 3.38. The second kappa shape index (κ2) is 12.1. The molecule has 0 aliphatic carbocycles. The Labute approximate surface area is 199 Å². The van der Waals surface area contributed by atoms with Gasteiger partial charge < -0.3 is 9.80 Å². The van der Waals surface area contributed by atoms with E-state index in [0.29, 0.717) is 13.1 Å². The van der Waals surface area contributed by atoms with Crippen molar-refractivity contribution < 1.29 is 14.0 Å². The molecule has 6 heteroatoms. The summed E-state index contributed by atoms with van der Waals surface area (Å²) in [6.07, 6.45) is 4.03. The Hall–Kier alpha value is -3.25. The lowest BCUT2D eigenvalue weighted by Gasteiger charge is -2.30. The molecular weight excluding hydrogens is 435 g/mol. The lowest BCUT2D eigenvalue weighted by molar-refractivity contribution is -0.140. The van der Waals surface area contributed by atoms with Gasteiger partial charge in [0.2, 0.25) is 11.8 Å². The largest absolute Gasteiger partial charge is 0.332 e. The monoisotopic (exact) mass is 464 g/mol. The second-order valence-electron chi connectivity index (χ2n) is 7.92. The van der Waals surface area contributed by atoms with Crippen LogP contribution in [0.4, 0.5) is 4.39 Å². The van der Waals surface area contributed by atoms with E-state index >= 15 is 0 Å². The molecule has 172 valence electrons. The molecule has 2 aromatic carbocycles. The molecule has 33 heavy (non-hydrogen) atoms. The minimum absolute atomic E-state index is 0.0143. The average Bonchev–Trinajstić information content (AvgIpc) is 3.35. The van der Waals surface area contributed by atoms with Crippen molar-refractivity contribution in [2.24, 2.45) is 0 Å². The topological polar surface area (TPSA) is 40.6 Å². The number of benzene rings is 2. The number of amides is 2. The predicted octanol–water partition coefficient (Wildman–Crippen LogP) is 5.76. The third-order valence-corrected chi connectivity index (χ3v) is 6.36.